The predicted molar refractivity (Wildman–Crippen MR) is 110 cm³/mol. The van der Waals surface area contributed by atoms with E-state index >= 15 is 0 Å². The van der Waals surface area contributed by atoms with Crippen molar-refractivity contribution < 1.29 is 23.1 Å². The maximum atomic E-state index is 12.6. The van der Waals surface area contributed by atoms with Crippen LogP contribution < -0.4 is 10.0 Å². The third-order valence-corrected chi connectivity index (χ3v) is 5.51. The number of para-hydroxylation sites is 1. The van der Waals surface area contributed by atoms with E-state index in [0.29, 0.717) is 5.69 Å². The van der Waals surface area contributed by atoms with E-state index in [1.54, 1.807) is 18.2 Å². The molecule has 0 bridgehead atoms. The number of halogens is 1. The highest BCUT2D eigenvalue weighted by molar-refractivity contribution is 7.92. The smallest absolute Gasteiger partial charge is 0.335 e. The molecule has 3 N–H and O–H groups in total. The largest absolute Gasteiger partial charge is 0.478 e. The van der Waals surface area contributed by atoms with Crippen molar-refractivity contribution in [3.05, 3.63) is 88.9 Å². The number of carboxylic acid groups (broad SMARTS) is 1. The number of aromatic carboxylic acids is 1. The van der Waals surface area contributed by atoms with Crippen LogP contribution in [0.3, 0.4) is 0 Å². The number of rotatable bonds is 6. The maximum Gasteiger partial charge on any atom is 0.335 e. The van der Waals surface area contributed by atoms with Gasteiger partial charge in [-0.15, -0.1) is 0 Å². The highest BCUT2D eigenvalue weighted by atomic mass is 35.5. The summed E-state index contributed by atoms with van der Waals surface area (Å²) in [5.41, 5.74) is 0.637. The van der Waals surface area contributed by atoms with Crippen molar-refractivity contribution in [3.8, 4) is 0 Å². The first-order valence-corrected chi connectivity index (χ1v) is 10.1. The lowest BCUT2D eigenvalue weighted by molar-refractivity contribution is 0.0696. The van der Waals surface area contributed by atoms with Gasteiger partial charge in [-0.1, -0.05) is 29.8 Å². The summed E-state index contributed by atoms with van der Waals surface area (Å²) in [6.07, 6.45) is 0. The normalized spacial score (nSPS) is 10.9. The SMILES string of the molecule is O=C(O)c1ccc(NC(=O)c2ccccc2NS(=O)(=O)c2cccc(Cl)c2)cc1. The van der Waals surface area contributed by atoms with Gasteiger partial charge in [-0.25, -0.2) is 13.2 Å². The summed E-state index contributed by atoms with van der Waals surface area (Å²) in [6.45, 7) is 0. The molecule has 0 aliphatic heterocycles. The lowest BCUT2D eigenvalue weighted by Crippen LogP contribution is -2.18. The topological polar surface area (TPSA) is 113 Å². The molecule has 0 aromatic heterocycles. The van der Waals surface area contributed by atoms with Crippen molar-refractivity contribution in [1.29, 1.82) is 0 Å². The van der Waals surface area contributed by atoms with Gasteiger partial charge in [0.15, 0.2) is 0 Å². The molecule has 0 heterocycles. The van der Waals surface area contributed by atoms with Crippen LogP contribution in [-0.4, -0.2) is 25.4 Å². The van der Waals surface area contributed by atoms with E-state index in [1.807, 2.05) is 0 Å². The minimum Gasteiger partial charge on any atom is -0.478 e. The molecule has 0 radical (unpaired) electrons. The Bertz CT molecular complexity index is 1180. The number of anilines is 2. The summed E-state index contributed by atoms with van der Waals surface area (Å²) >= 11 is 5.86. The van der Waals surface area contributed by atoms with Gasteiger partial charge in [0, 0.05) is 10.7 Å². The molecule has 7 nitrogen and oxygen atoms in total. The standard InChI is InChI=1S/C20H15ClN2O5S/c21-14-4-3-5-16(12-14)29(27,28)23-18-7-2-1-6-17(18)19(24)22-15-10-8-13(9-11-15)20(25)26/h1-12,23H,(H,22,24)(H,25,26). The maximum absolute atomic E-state index is 12.6. The second kappa shape index (κ2) is 8.34. The van der Waals surface area contributed by atoms with Crippen molar-refractivity contribution in [2.45, 2.75) is 4.90 Å². The van der Waals surface area contributed by atoms with Crippen molar-refractivity contribution >= 4 is 44.9 Å². The molecule has 0 atom stereocenters. The molecule has 3 aromatic carbocycles. The molecule has 0 spiro atoms. The van der Waals surface area contributed by atoms with E-state index in [1.165, 1.54) is 54.6 Å². The van der Waals surface area contributed by atoms with Gasteiger partial charge in [0.05, 0.1) is 21.7 Å². The van der Waals surface area contributed by atoms with Gasteiger partial charge in [-0.05, 0) is 54.6 Å². The molecular weight excluding hydrogens is 416 g/mol. The molecule has 0 saturated heterocycles. The summed E-state index contributed by atoms with van der Waals surface area (Å²) in [4.78, 5) is 23.5. The number of carbonyl (C=O) groups excluding carboxylic acids is 1. The van der Waals surface area contributed by atoms with Gasteiger partial charge in [0.25, 0.3) is 15.9 Å². The minimum absolute atomic E-state index is 0.0375. The van der Waals surface area contributed by atoms with Gasteiger partial charge >= 0.3 is 5.97 Å². The van der Waals surface area contributed by atoms with Crippen LogP contribution in [0.1, 0.15) is 20.7 Å². The molecular formula is C20H15ClN2O5S. The Morgan fingerprint density at radius 3 is 2.24 bits per heavy atom. The van der Waals surface area contributed by atoms with Crippen LogP contribution in [0.4, 0.5) is 11.4 Å². The molecule has 0 unspecified atom stereocenters. The summed E-state index contributed by atoms with van der Waals surface area (Å²) in [5.74, 6) is -1.64. The Balaban J connectivity index is 1.84. The van der Waals surface area contributed by atoms with Gasteiger partial charge in [-0.2, -0.15) is 0 Å². The summed E-state index contributed by atoms with van der Waals surface area (Å²) in [5, 5.41) is 11.8. The lowest BCUT2D eigenvalue weighted by Gasteiger charge is -2.13. The van der Waals surface area contributed by atoms with Crippen LogP contribution in [0.15, 0.2) is 77.7 Å². The Hall–Kier alpha value is -3.36. The Morgan fingerprint density at radius 1 is 0.897 bits per heavy atom. The quantitative estimate of drug-likeness (QED) is 0.545. The zero-order chi connectivity index (χ0) is 21.0. The molecule has 3 rings (SSSR count). The second-order valence-electron chi connectivity index (χ2n) is 5.95. The summed E-state index contributed by atoms with van der Waals surface area (Å²) in [6, 6.07) is 17.5. The number of sulfonamides is 1. The number of nitrogens with one attached hydrogen (secondary N) is 2. The third-order valence-electron chi connectivity index (χ3n) is 3.91. The first-order chi connectivity index (χ1) is 13.8. The fraction of sp³-hybridized carbons (Fsp3) is 0. The number of benzene rings is 3. The van der Waals surface area contributed by atoms with Crippen LogP contribution >= 0.6 is 11.6 Å². The van der Waals surface area contributed by atoms with Gasteiger partial charge < -0.3 is 10.4 Å². The zero-order valence-corrected chi connectivity index (χ0v) is 16.4. The number of hydrogen-bond acceptors (Lipinski definition) is 4. The molecule has 148 valence electrons. The van der Waals surface area contributed by atoms with E-state index in [0.717, 1.165) is 0 Å². The van der Waals surface area contributed by atoms with Crippen LogP contribution in [0.5, 0.6) is 0 Å². The van der Waals surface area contributed by atoms with Crippen molar-refractivity contribution in [3.63, 3.8) is 0 Å². The van der Waals surface area contributed by atoms with E-state index in [2.05, 4.69) is 10.0 Å². The summed E-state index contributed by atoms with van der Waals surface area (Å²) < 4.78 is 27.7. The van der Waals surface area contributed by atoms with Crippen LogP contribution in [-0.2, 0) is 10.0 Å². The molecule has 3 aromatic rings. The average Bonchev–Trinajstić information content (AvgIpc) is 2.68. The molecule has 0 saturated carbocycles. The van der Waals surface area contributed by atoms with Gasteiger partial charge in [0.2, 0.25) is 0 Å². The van der Waals surface area contributed by atoms with E-state index in [-0.39, 0.29) is 26.7 Å². The lowest BCUT2D eigenvalue weighted by atomic mass is 10.1. The molecule has 0 aliphatic carbocycles. The van der Waals surface area contributed by atoms with Crippen LogP contribution in [0.25, 0.3) is 0 Å². The van der Waals surface area contributed by atoms with Crippen LogP contribution in [0.2, 0.25) is 5.02 Å². The highest BCUT2D eigenvalue weighted by Gasteiger charge is 2.19. The number of carbonyl (C=O) groups is 2. The van der Waals surface area contributed by atoms with E-state index < -0.39 is 21.9 Å². The number of hydrogen-bond donors (Lipinski definition) is 3. The number of amides is 1. The number of carboxylic acids is 1. The van der Waals surface area contributed by atoms with E-state index in [9.17, 15) is 18.0 Å². The van der Waals surface area contributed by atoms with Gasteiger partial charge in [0.1, 0.15) is 0 Å². The first kappa shape index (κ1) is 20.4. The van der Waals surface area contributed by atoms with Crippen LogP contribution in [0, 0.1) is 0 Å². The highest BCUT2D eigenvalue weighted by Crippen LogP contribution is 2.23. The molecule has 29 heavy (non-hydrogen) atoms. The molecule has 0 fully saturated rings. The van der Waals surface area contributed by atoms with Crippen molar-refractivity contribution in [2.75, 3.05) is 10.0 Å². The fourth-order valence-electron chi connectivity index (χ4n) is 2.50. The Labute approximate surface area is 172 Å². The van der Waals surface area contributed by atoms with E-state index in [4.69, 9.17) is 16.7 Å². The fourth-order valence-corrected chi connectivity index (χ4v) is 3.88. The van der Waals surface area contributed by atoms with Crippen molar-refractivity contribution in [2.24, 2.45) is 0 Å². The third kappa shape index (κ3) is 4.92. The zero-order valence-electron chi connectivity index (χ0n) is 14.8. The van der Waals surface area contributed by atoms with Crippen molar-refractivity contribution in [1.82, 2.24) is 0 Å². The predicted octanol–water partition coefficient (Wildman–Crippen LogP) is 4.09. The molecule has 9 heteroatoms. The average molecular weight is 431 g/mol. The minimum atomic E-state index is -3.96. The summed E-state index contributed by atoms with van der Waals surface area (Å²) in [7, 11) is -3.96. The monoisotopic (exact) mass is 430 g/mol. The molecule has 1 amide bonds. The molecule has 0 aliphatic rings. The Morgan fingerprint density at radius 2 is 1.59 bits per heavy atom. The first-order valence-electron chi connectivity index (χ1n) is 8.28. The van der Waals surface area contributed by atoms with Gasteiger partial charge in [-0.3, -0.25) is 9.52 Å². The second-order valence-corrected chi connectivity index (χ2v) is 8.06. The Kier molecular flexibility index (Phi) is 5.86.